The van der Waals surface area contributed by atoms with Crippen molar-refractivity contribution in [2.24, 2.45) is 0 Å². The molecule has 1 aliphatic rings. The molecule has 0 atom stereocenters. The fourth-order valence-electron chi connectivity index (χ4n) is 3.99. The average Bonchev–Trinajstić information content (AvgIpc) is 2.92. The first kappa shape index (κ1) is 26.6. The second-order valence-corrected chi connectivity index (χ2v) is 9.23. The van der Waals surface area contributed by atoms with E-state index in [1.807, 2.05) is 35.2 Å². The maximum atomic E-state index is 13.0. The predicted octanol–water partition coefficient (Wildman–Crippen LogP) is 3.68. The third kappa shape index (κ3) is 6.10. The number of carbonyl (C=O) groups excluding carboxylic acids is 2. The number of aliphatic hydroxyl groups is 1. The maximum Gasteiger partial charge on any atom is 0.407 e. The third-order valence-electron chi connectivity index (χ3n) is 6.15. The summed E-state index contributed by atoms with van der Waals surface area (Å²) in [6, 6.07) is 10.8. The summed E-state index contributed by atoms with van der Waals surface area (Å²) in [5, 5.41) is 12.8. The molecule has 10 nitrogen and oxygen atoms in total. The van der Waals surface area contributed by atoms with Crippen molar-refractivity contribution in [3.8, 4) is 5.88 Å². The Morgan fingerprint density at radius 2 is 1.86 bits per heavy atom. The molecule has 0 bridgehead atoms. The second kappa shape index (κ2) is 11.7. The van der Waals surface area contributed by atoms with E-state index in [1.165, 1.54) is 25.6 Å². The number of aromatic nitrogens is 3. The maximum absolute atomic E-state index is 13.0. The van der Waals surface area contributed by atoms with Crippen molar-refractivity contribution in [2.45, 2.75) is 25.0 Å². The van der Waals surface area contributed by atoms with Crippen molar-refractivity contribution < 1.29 is 24.2 Å². The number of benzene rings is 1. The number of amides is 1. The van der Waals surface area contributed by atoms with E-state index in [9.17, 15) is 14.7 Å². The molecule has 2 N–H and O–H groups in total. The lowest BCUT2D eigenvalue weighted by Crippen LogP contribution is -2.57. The van der Waals surface area contributed by atoms with Crippen LogP contribution in [0.4, 0.5) is 10.6 Å². The number of aliphatic hydroxyl groups excluding tert-OH is 1. The quantitative estimate of drug-likeness (QED) is 0.407. The molecule has 0 aliphatic carbocycles. The van der Waals surface area contributed by atoms with Crippen LogP contribution in [0.5, 0.6) is 5.88 Å². The number of halogens is 2. The van der Waals surface area contributed by atoms with Crippen molar-refractivity contribution in [1.82, 2.24) is 20.3 Å². The van der Waals surface area contributed by atoms with E-state index in [2.05, 4.69) is 20.3 Å². The first-order valence-corrected chi connectivity index (χ1v) is 12.2. The van der Waals surface area contributed by atoms with Crippen LogP contribution in [0, 0.1) is 0 Å². The molecule has 1 aliphatic heterocycles. The summed E-state index contributed by atoms with van der Waals surface area (Å²) >= 11 is 12.6. The van der Waals surface area contributed by atoms with Crippen molar-refractivity contribution >= 4 is 40.9 Å². The summed E-state index contributed by atoms with van der Waals surface area (Å²) < 4.78 is 10.4. The van der Waals surface area contributed by atoms with Gasteiger partial charge in [-0.1, -0.05) is 53.5 Å². The zero-order chi connectivity index (χ0) is 26.4. The van der Waals surface area contributed by atoms with Crippen LogP contribution in [0.15, 0.2) is 48.8 Å². The van der Waals surface area contributed by atoms with Crippen LogP contribution in [0.3, 0.4) is 0 Å². The number of anilines is 1. The highest BCUT2D eigenvalue weighted by atomic mass is 35.5. The Balaban J connectivity index is 1.39. The molecule has 37 heavy (non-hydrogen) atoms. The summed E-state index contributed by atoms with van der Waals surface area (Å²) in [7, 11) is 1.40. The van der Waals surface area contributed by atoms with E-state index in [4.69, 9.17) is 32.7 Å². The topological polar surface area (TPSA) is 127 Å². The van der Waals surface area contributed by atoms with Gasteiger partial charge in [0.25, 0.3) is 0 Å². The van der Waals surface area contributed by atoms with Crippen LogP contribution >= 0.6 is 23.2 Å². The van der Waals surface area contributed by atoms with Gasteiger partial charge in [-0.2, -0.15) is 0 Å². The van der Waals surface area contributed by atoms with E-state index < -0.39 is 17.4 Å². The molecule has 0 unspecified atom stereocenters. The number of alkyl carbamates (subject to hydrolysis) is 1. The van der Waals surface area contributed by atoms with Crippen LogP contribution in [0.25, 0.3) is 0 Å². The smallest absolute Gasteiger partial charge is 0.407 e. The first-order valence-electron chi connectivity index (χ1n) is 11.5. The molecule has 1 saturated heterocycles. The van der Waals surface area contributed by atoms with Gasteiger partial charge >= 0.3 is 6.09 Å². The number of ether oxygens (including phenoxy) is 2. The molecule has 4 rings (SSSR count). The Morgan fingerprint density at radius 1 is 1.14 bits per heavy atom. The summed E-state index contributed by atoms with van der Waals surface area (Å²) in [6.45, 7) is 0.824. The molecular formula is C25H25Cl2N5O5. The monoisotopic (exact) mass is 545 g/mol. The summed E-state index contributed by atoms with van der Waals surface area (Å²) in [6.07, 6.45) is 3.15. The van der Waals surface area contributed by atoms with E-state index in [0.29, 0.717) is 31.7 Å². The van der Waals surface area contributed by atoms with Crippen LogP contribution in [-0.2, 0) is 11.3 Å². The number of hydrogen-bond donors (Lipinski definition) is 2. The zero-order valence-corrected chi connectivity index (χ0v) is 21.5. The van der Waals surface area contributed by atoms with Crippen LogP contribution in [0.1, 0.15) is 34.5 Å². The molecule has 0 spiro atoms. The number of nitrogens with zero attached hydrogens (tertiary/aromatic N) is 4. The molecule has 1 aromatic carbocycles. The van der Waals surface area contributed by atoms with E-state index in [1.54, 1.807) is 0 Å². The SMILES string of the molecule is COc1nccc(C(=O)c2ncc(N3CCC(CO)(NC(=O)OCc4ccccc4)CC3)nc2Cl)c1Cl. The van der Waals surface area contributed by atoms with Crippen LogP contribution in [-0.4, -0.2) is 64.3 Å². The fourth-order valence-corrected chi connectivity index (χ4v) is 4.49. The van der Waals surface area contributed by atoms with Gasteiger partial charge in [-0.05, 0) is 24.5 Å². The Labute approximate surface area is 223 Å². The fraction of sp³-hybridized carbons (Fsp3) is 0.320. The highest BCUT2D eigenvalue weighted by molar-refractivity contribution is 6.38. The van der Waals surface area contributed by atoms with Gasteiger partial charge in [-0.3, -0.25) is 4.79 Å². The van der Waals surface area contributed by atoms with Gasteiger partial charge in [0.15, 0.2) is 5.15 Å². The Bertz CT molecular complexity index is 1270. The summed E-state index contributed by atoms with van der Waals surface area (Å²) in [5.74, 6) is 0.0792. The van der Waals surface area contributed by atoms with Gasteiger partial charge in [0.05, 0.1) is 25.5 Å². The Kier molecular flexibility index (Phi) is 8.42. The van der Waals surface area contributed by atoms with E-state index in [0.717, 1.165) is 5.56 Å². The minimum absolute atomic E-state index is 0.0508. The lowest BCUT2D eigenvalue weighted by molar-refractivity contribution is 0.0952. The molecule has 1 amide bonds. The predicted molar refractivity (Wildman–Crippen MR) is 137 cm³/mol. The largest absolute Gasteiger partial charge is 0.480 e. The molecule has 0 radical (unpaired) electrons. The highest BCUT2D eigenvalue weighted by Crippen LogP contribution is 2.30. The van der Waals surface area contributed by atoms with Crippen molar-refractivity contribution in [3.05, 3.63) is 75.8 Å². The van der Waals surface area contributed by atoms with Gasteiger partial charge in [-0.15, -0.1) is 0 Å². The number of piperidine rings is 1. The number of methoxy groups -OCH3 is 1. The van der Waals surface area contributed by atoms with Crippen LogP contribution in [0.2, 0.25) is 10.2 Å². The number of carbonyl (C=O) groups is 2. The van der Waals surface area contributed by atoms with Crippen molar-refractivity contribution in [3.63, 3.8) is 0 Å². The van der Waals surface area contributed by atoms with Gasteiger partial charge in [0.1, 0.15) is 23.1 Å². The lowest BCUT2D eigenvalue weighted by Gasteiger charge is -2.41. The normalized spacial score (nSPS) is 14.6. The number of pyridine rings is 1. The molecule has 1 fully saturated rings. The molecule has 12 heteroatoms. The van der Waals surface area contributed by atoms with Gasteiger partial charge in [0, 0.05) is 24.8 Å². The number of rotatable bonds is 8. The second-order valence-electron chi connectivity index (χ2n) is 8.49. The molecule has 3 aromatic rings. The number of hydrogen-bond acceptors (Lipinski definition) is 9. The van der Waals surface area contributed by atoms with E-state index >= 15 is 0 Å². The minimum atomic E-state index is -0.825. The number of ketones is 1. The first-order chi connectivity index (χ1) is 17.9. The molecule has 0 saturated carbocycles. The summed E-state index contributed by atoms with van der Waals surface area (Å²) in [4.78, 5) is 39.8. The Hall–Kier alpha value is -3.47. The zero-order valence-electron chi connectivity index (χ0n) is 20.0. The minimum Gasteiger partial charge on any atom is -0.480 e. The van der Waals surface area contributed by atoms with Gasteiger partial charge < -0.3 is 24.8 Å². The summed E-state index contributed by atoms with van der Waals surface area (Å²) in [5.41, 5.74) is 0.140. The molecule has 3 heterocycles. The van der Waals surface area contributed by atoms with E-state index in [-0.39, 0.29) is 40.5 Å². The molecule has 2 aromatic heterocycles. The van der Waals surface area contributed by atoms with Crippen molar-refractivity contribution in [2.75, 3.05) is 31.7 Å². The van der Waals surface area contributed by atoms with Gasteiger partial charge in [-0.25, -0.2) is 19.7 Å². The average molecular weight is 546 g/mol. The van der Waals surface area contributed by atoms with Crippen molar-refractivity contribution in [1.29, 1.82) is 0 Å². The number of nitrogens with one attached hydrogen (secondary N) is 1. The van der Waals surface area contributed by atoms with Crippen LogP contribution < -0.4 is 15.0 Å². The van der Waals surface area contributed by atoms with Gasteiger partial charge in [0.2, 0.25) is 11.7 Å². The third-order valence-corrected chi connectivity index (χ3v) is 6.78. The standard InChI is InChI=1S/C25H25Cl2N5O5/c1-36-23-19(26)17(7-10-28-23)21(34)20-22(27)30-18(13-29-20)32-11-8-25(15-33,9-12-32)31-24(35)37-14-16-5-3-2-4-6-16/h2-7,10,13,33H,8-9,11-12,14-15H2,1H3,(H,31,35). The lowest BCUT2D eigenvalue weighted by atomic mass is 9.88. The molecule has 194 valence electrons. The Morgan fingerprint density at radius 3 is 2.51 bits per heavy atom. The molecular weight excluding hydrogens is 521 g/mol. The highest BCUT2D eigenvalue weighted by Gasteiger charge is 2.36.